The van der Waals surface area contributed by atoms with E-state index in [2.05, 4.69) is 15.2 Å². The molecule has 0 aliphatic rings. The molecule has 0 radical (unpaired) electrons. The number of nitrogens with one attached hydrogen (secondary N) is 1. The molecule has 3 rings (SSSR count). The number of phenols is 1. The second kappa shape index (κ2) is 5.69. The molecule has 110 valence electrons. The SMILES string of the molecule is COc1cc(-c2cn[nH]c2-c2cccnc2)cc(C=O)c1O. The van der Waals surface area contributed by atoms with Gasteiger partial charge in [0.15, 0.2) is 17.8 Å². The second-order valence-corrected chi connectivity index (χ2v) is 4.63. The molecule has 0 aliphatic heterocycles. The van der Waals surface area contributed by atoms with E-state index >= 15 is 0 Å². The Balaban J connectivity index is 2.17. The normalized spacial score (nSPS) is 10.4. The molecule has 0 saturated carbocycles. The summed E-state index contributed by atoms with van der Waals surface area (Å²) in [5, 5.41) is 16.9. The molecule has 0 amide bonds. The molecule has 2 heterocycles. The number of H-pyrrole nitrogens is 1. The van der Waals surface area contributed by atoms with Crippen molar-refractivity contribution in [3.05, 3.63) is 48.4 Å². The Labute approximate surface area is 126 Å². The molecule has 2 aromatic heterocycles. The third kappa shape index (κ3) is 2.31. The molecular formula is C16H13N3O3. The van der Waals surface area contributed by atoms with Gasteiger partial charge in [-0.15, -0.1) is 0 Å². The van der Waals surface area contributed by atoms with Crippen molar-refractivity contribution >= 4 is 6.29 Å². The van der Waals surface area contributed by atoms with Crippen LogP contribution in [0.5, 0.6) is 11.5 Å². The maximum Gasteiger partial charge on any atom is 0.168 e. The van der Waals surface area contributed by atoms with Gasteiger partial charge in [-0.05, 0) is 29.8 Å². The molecule has 3 aromatic rings. The average Bonchev–Trinajstić information content (AvgIpc) is 3.05. The number of aromatic amines is 1. The Morgan fingerprint density at radius 3 is 2.82 bits per heavy atom. The van der Waals surface area contributed by atoms with Crippen LogP contribution in [0.4, 0.5) is 0 Å². The maximum atomic E-state index is 11.1. The number of benzene rings is 1. The molecular weight excluding hydrogens is 282 g/mol. The molecule has 0 aliphatic carbocycles. The van der Waals surface area contributed by atoms with Crippen LogP contribution < -0.4 is 4.74 Å². The molecule has 0 bridgehead atoms. The van der Waals surface area contributed by atoms with Crippen molar-refractivity contribution in [2.24, 2.45) is 0 Å². The third-order valence-electron chi connectivity index (χ3n) is 3.35. The number of aldehydes is 1. The molecule has 0 spiro atoms. The van der Waals surface area contributed by atoms with Crippen molar-refractivity contribution in [2.45, 2.75) is 0 Å². The quantitative estimate of drug-likeness (QED) is 0.722. The van der Waals surface area contributed by atoms with Crippen molar-refractivity contribution in [2.75, 3.05) is 7.11 Å². The zero-order valence-electron chi connectivity index (χ0n) is 11.8. The number of rotatable bonds is 4. The molecule has 0 saturated heterocycles. The van der Waals surface area contributed by atoms with E-state index in [1.54, 1.807) is 30.7 Å². The Hall–Kier alpha value is -3.15. The highest BCUT2D eigenvalue weighted by Gasteiger charge is 2.15. The average molecular weight is 295 g/mol. The third-order valence-corrected chi connectivity index (χ3v) is 3.35. The zero-order valence-corrected chi connectivity index (χ0v) is 11.8. The van der Waals surface area contributed by atoms with E-state index in [0.29, 0.717) is 11.8 Å². The van der Waals surface area contributed by atoms with Gasteiger partial charge < -0.3 is 9.84 Å². The lowest BCUT2D eigenvalue weighted by Crippen LogP contribution is -1.91. The van der Waals surface area contributed by atoms with Crippen molar-refractivity contribution in [3.8, 4) is 33.9 Å². The van der Waals surface area contributed by atoms with Gasteiger partial charge in [0.2, 0.25) is 0 Å². The van der Waals surface area contributed by atoms with Crippen LogP contribution in [0.3, 0.4) is 0 Å². The van der Waals surface area contributed by atoms with E-state index in [1.165, 1.54) is 7.11 Å². The highest BCUT2D eigenvalue weighted by Crippen LogP contribution is 2.37. The van der Waals surface area contributed by atoms with Crippen molar-refractivity contribution in [3.63, 3.8) is 0 Å². The largest absolute Gasteiger partial charge is 0.504 e. The Morgan fingerprint density at radius 1 is 1.27 bits per heavy atom. The van der Waals surface area contributed by atoms with E-state index in [4.69, 9.17) is 4.74 Å². The highest BCUT2D eigenvalue weighted by atomic mass is 16.5. The summed E-state index contributed by atoms with van der Waals surface area (Å²) in [6, 6.07) is 6.99. The van der Waals surface area contributed by atoms with E-state index < -0.39 is 0 Å². The van der Waals surface area contributed by atoms with Crippen LogP contribution in [-0.4, -0.2) is 33.7 Å². The minimum atomic E-state index is -0.173. The lowest BCUT2D eigenvalue weighted by Gasteiger charge is -2.09. The first kappa shape index (κ1) is 13.8. The molecule has 0 unspecified atom stereocenters. The molecule has 6 nitrogen and oxygen atoms in total. The standard InChI is InChI=1S/C16H13N3O3/c1-22-14-6-11(5-12(9-20)16(14)21)13-8-18-19-15(13)10-3-2-4-17-7-10/h2-9,21H,1H3,(H,18,19). The van der Waals surface area contributed by atoms with E-state index in [0.717, 1.165) is 16.8 Å². The van der Waals surface area contributed by atoms with Gasteiger partial charge in [-0.2, -0.15) is 5.10 Å². The van der Waals surface area contributed by atoms with Crippen LogP contribution >= 0.6 is 0 Å². The first-order valence-corrected chi connectivity index (χ1v) is 6.55. The summed E-state index contributed by atoms with van der Waals surface area (Å²) in [5.41, 5.74) is 3.30. The highest BCUT2D eigenvalue weighted by molar-refractivity contribution is 5.88. The predicted octanol–water partition coefficient (Wildman–Crippen LogP) is 2.67. The number of ether oxygens (including phenoxy) is 1. The number of methoxy groups -OCH3 is 1. The number of aromatic nitrogens is 3. The number of carbonyl (C=O) groups is 1. The van der Waals surface area contributed by atoms with Gasteiger partial charge in [-0.1, -0.05) is 0 Å². The Bertz CT molecular complexity index is 813. The summed E-state index contributed by atoms with van der Waals surface area (Å²) in [6.45, 7) is 0. The van der Waals surface area contributed by atoms with Crippen LogP contribution in [0.2, 0.25) is 0 Å². The molecule has 0 fully saturated rings. The van der Waals surface area contributed by atoms with Crippen molar-refractivity contribution in [1.29, 1.82) is 0 Å². The second-order valence-electron chi connectivity index (χ2n) is 4.63. The first-order chi connectivity index (χ1) is 10.7. The number of nitrogens with zero attached hydrogens (tertiary/aromatic N) is 2. The van der Waals surface area contributed by atoms with E-state index in [1.807, 2.05) is 12.1 Å². The summed E-state index contributed by atoms with van der Waals surface area (Å²) < 4.78 is 5.12. The van der Waals surface area contributed by atoms with Gasteiger partial charge in [0.05, 0.1) is 24.6 Å². The van der Waals surface area contributed by atoms with E-state index in [9.17, 15) is 9.90 Å². The van der Waals surface area contributed by atoms with Gasteiger partial charge in [-0.3, -0.25) is 14.9 Å². The minimum Gasteiger partial charge on any atom is -0.504 e. The molecule has 2 N–H and O–H groups in total. The molecule has 1 aromatic carbocycles. The van der Waals surface area contributed by atoms with Crippen LogP contribution in [0.25, 0.3) is 22.4 Å². The number of pyridine rings is 1. The fraction of sp³-hybridized carbons (Fsp3) is 0.0625. The zero-order chi connectivity index (χ0) is 15.5. The number of hydrogen-bond donors (Lipinski definition) is 2. The monoisotopic (exact) mass is 295 g/mol. The summed E-state index contributed by atoms with van der Waals surface area (Å²) in [4.78, 5) is 15.2. The maximum absolute atomic E-state index is 11.1. The fourth-order valence-corrected chi connectivity index (χ4v) is 2.27. The van der Waals surface area contributed by atoms with Crippen LogP contribution in [0.15, 0.2) is 42.9 Å². The molecule has 22 heavy (non-hydrogen) atoms. The summed E-state index contributed by atoms with van der Waals surface area (Å²) in [5.74, 6) is 0.0607. The Kier molecular flexibility index (Phi) is 3.57. The predicted molar refractivity (Wildman–Crippen MR) is 80.9 cm³/mol. The number of aromatic hydroxyl groups is 1. The van der Waals surface area contributed by atoms with Crippen LogP contribution in [-0.2, 0) is 0 Å². The van der Waals surface area contributed by atoms with Crippen LogP contribution in [0.1, 0.15) is 10.4 Å². The van der Waals surface area contributed by atoms with Gasteiger partial charge in [-0.25, -0.2) is 0 Å². The smallest absolute Gasteiger partial charge is 0.168 e. The minimum absolute atomic E-state index is 0.160. The number of phenolic OH excluding ortho intramolecular Hbond substituents is 1. The summed E-state index contributed by atoms with van der Waals surface area (Å²) >= 11 is 0. The van der Waals surface area contributed by atoms with Crippen molar-refractivity contribution < 1.29 is 14.6 Å². The van der Waals surface area contributed by atoms with Crippen molar-refractivity contribution in [1.82, 2.24) is 15.2 Å². The van der Waals surface area contributed by atoms with Gasteiger partial charge in [0, 0.05) is 23.5 Å². The number of carbonyl (C=O) groups excluding carboxylic acids is 1. The Morgan fingerprint density at radius 2 is 2.14 bits per heavy atom. The summed E-state index contributed by atoms with van der Waals surface area (Å²) in [7, 11) is 1.44. The topological polar surface area (TPSA) is 88.1 Å². The lowest BCUT2D eigenvalue weighted by atomic mass is 10.00. The van der Waals surface area contributed by atoms with E-state index in [-0.39, 0.29) is 17.1 Å². The fourth-order valence-electron chi connectivity index (χ4n) is 2.27. The molecule has 6 heteroatoms. The summed E-state index contributed by atoms with van der Waals surface area (Å²) in [6.07, 6.45) is 5.65. The van der Waals surface area contributed by atoms with Crippen LogP contribution in [0, 0.1) is 0 Å². The first-order valence-electron chi connectivity index (χ1n) is 6.55. The van der Waals surface area contributed by atoms with Gasteiger partial charge in [0.25, 0.3) is 0 Å². The number of hydrogen-bond acceptors (Lipinski definition) is 5. The molecule has 0 atom stereocenters. The van der Waals surface area contributed by atoms with Gasteiger partial charge >= 0.3 is 0 Å². The van der Waals surface area contributed by atoms with Gasteiger partial charge in [0.1, 0.15) is 0 Å². The lowest BCUT2D eigenvalue weighted by molar-refractivity contribution is 0.112.